The second kappa shape index (κ2) is 7.17. The Morgan fingerprint density at radius 2 is 1.59 bits per heavy atom. The molecule has 4 nitrogen and oxygen atoms in total. The molecule has 0 saturated heterocycles. The largest absolute Gasteiger partial charge is 0.298 e. The molecule has 0 spiro atoms. The summed E-state index contributed by atoms with van der Waals surface area (Å²) >= 11 is 5.99. The van der Waals surface area contributed by atoms with Crippen LogP contribution < -0.4 is 0 Å². The van der Waals surface area contributed by atoms with Crippen molar-refractivity contribution in [3.63, 3.8) is 0 Å². The average molecular weight is 412 g/mol. The monoisotopic (exact) mass is 411 g/mol. The molecular weight excluding hydrogens is 386 g/mol. The van der Waals surface area contributed by atoms with Gasteiger partial charge in [-0.2, -0.15) is 0 Å². The highest BCUT2D eigenvalue weighted by molar-refractivity contribution is 6.30. The minimum atomic E-state index is -1.21. The Labute approximate surface area is 176 Å². The van der Waals surface area contributed by atoms with E-state index in [0.29, 0.717) is 17.1 Å². The molecule has 1 fully saturated rings. The van der Waals surface area contributed by atoms with Crippen molar-refractivity contribution in [1.82, 2.24) is 4.98 Å². The van der Waals surface area contributed by atoms with Gasteiger partial charge in [0.1, 0.15) is 11.1 Å². The average Bonchev–Trinajstić information content (AvgIpc) is 2.66. The highest BCUT2D eigenvalue weighted by Crippen LogP contribution is 2.46. The molecule has 2 aromatic rings. The number of carbonyl (C=O) groups is 3. The number of hydrogen-bond acceptors (Lipinski definition) is 4. The number of hydrogen-bond donors (Lipinski definition) is 0. The molecule has 0 atom stereocenters. The highest BCUT2D eigenvalue weighted by Gasteiger charge is 2.58. The number of ketones is 3. The van der Waals surface area contributed by atoms with E-state index in [4.69, 9.17) is 11.6 Å². The van der Waals surface area contributed by atoms with Gasteiger partial charge in [0, 0.05) is 11.8 Å². The van der Waals surface area contributed by atoms with Crippen LogP contribution in [-0.2, 0) is 20.8 Å². The molecule has 1 aliphatic carbocycles. The number of pyridine rings is 1. The van der Waals surface area contributed by atoms with Crippen LogP contribution in [0.3, 0.4) is 0 Å². The zero-order valence-corrected chi connectivity index (χ0v) is 18.5. The van der Waals surface area contributed by atoms with Crippen molar-refractivity contribution < 1.29 is 14.4 Å². The topological polar surface area (TPSA) is 64.1 Å². The van der Waals surface area contributed by atoms with E-state index in [1.807, 2.05) is 32.0 Å². The third-order valence-corrected chi connectivity index (χ3v) is 6.32. The molecule has 1 aliphatic rings. The van der Waals surface area contributed by atoms with Crippen molar-refractivity contribution in [3.8, 4) is 11.1 Å². The molecule has 1 heterocycles. The van der Waals surface area contributed by atoms with Crippen LogP contribution in [-0.4, -0.2) is 22.3 Å². The molecule has 0 radical (unpaired) electrons. The molecule has 0 N–H and O–H groups in total. The van der Waals surface area contributed by atoms with E-state index in [1.54, 1.807) is 40.0 Å². The van der Waals surface area contributed by atoms with Crippen LogP contribution in [0.4, 0.5) is 0 Å². The number of aryl methyl sites for hydroxylation is 2. The standard InChI is InChI=1S/C24H26ClNO3/c1-7-14-8-9-15(17-12-26-18(25)10-13(17)2)11-16(14)19-20(27)23(3,4)22(29)24(5,6)21(19)28/h8-12,19H,7H2,1-6H3. The predicted octanol–water partition coefficient (Wildman–Crippen LogP) is 5.13. The van der Waals surface area contributed by atoms with Crippen LogP contribution >= 0.6 is 11.6 Å². The number of carbonyl (C=O) groups excluding carboxylic acids is 3. The number of nitrogens with zero attached hydrogens (tertiary/aromatic N) is 1. The lowest BCUT2D eigenvalue weighted by Gasteiger charge is -2.41. The molecule has 0 bridgehead atoms. The lowest BCUT2D eigenvalue weighted by Crippen LogP contribution is -2.56. The van der Waals surface area contributed by atoms with Gasteiger partial charge in [0.05, 0.1) is 10.8 Å². The SMILES string of the molecule is CCc1ccc(-c2cnc(Cl)cc2C)cc1C1C(=O)C(C)(C)C(=O)C(C)(C)C1=O. The van der Waals surface area contributed by atoms with Crippen LogP contribution in [0.1, 0.15) is 57.2 Å². The van der Waals surface area contributed by atoms with Crippen molar-refractivity contribution in [3.05, 3.63) is 52.3 Å². The number of Topliss-reactive ketones (excluding diaryl/α,β-unsaturated/α-hetero) is 3. The number of benzene rings is 1. The first-order valence-corrected chi connectivity index (χ1v) is 10.2. The Bertz CT molecular complexity index is 1010. The summed E-state index contributed by atoms with van der Waals surface area (Å²) in [7, 11) is 0. The third-order valence-electron chi connectivity index (χ3n) is 6.12. The van der Waals surface area contributed by atoms with Crippen LogP contribution in [0.5, 0.6) is 0 Å². The van der Waals surface area contributed by atoms with Gasteiger partial charge in [-0.3, -0.25) is 14.4 Å². The molecular formula is C24H26ClNO3. The van der Waals surface area contributed by atoms with Crippen LogP contribution in [0, 0.1) is 17.8 Å². The minimum absolute atomic E-state index is 0.316. The summed E-state index contributed by atoms with van der Waals surface area (Å²) in [6.07, 6.45) is 2.38. The third kappa shape index (κ3) is 3.33. The lowest BCUT2D eigenvalue weighted by atomic mass is 9.57. The maximum atomic E-state index is 13.3. The van der Waals surface area contributed by atoms with Gasteiger partial charge in [-0.05, 0) is 75.4 Å². The van der Waals surface area contributed by atoms with Crippen LogP contribution in [0.25, 0.3) is 11.1 Å². The van der Waals surface area contributed by atoms with E-state index in [1.165, 1.54) is 0 Å². The predicted molar refractivity (Wildman–Crippen MR) is 114 cm³/mol. The van der Waals surface area contributed by atoms with Gasteiger partial charge in [-0.25, -0.2) is 4.98 Å². The molecule has 3 rings (SSSR count). The van der Waals surface area contributed by atoms with E-state index < -0.39 is 16.7 Å². The van der Waals surface area contributed by atoms with Gasteiger partial charge in [0.2, 0.25) is 0 Å². The summed E-state index contributed by atoms with van der Waals surface area (Å²) in [5, 5.41) is 0.413. The smallest absolute Gasteiger partial charge is 0.160 e. The van der Waals surface area contributed by atoms with Crippen molar-refractivity contribution >= 4 is 29.0 Å². The summed E-state index contributed by atoms with van der Waals surface area (Å²) in [5.74, 6) is -1.93. The second-order valence-corrected chi connectivity index (χ2v) is 9.22. The molecule has 5 heteroatoms. The normalized spacial score (nSPS) is 18.9. The first-order valence-electron chi connectivity index (χ1n) is 9.81. The van der Waals surface area contributed by atoms with Crippen molar-refractivity contribution in [2.75, 3.05) is 0 Å². The van der Waals surface area contributed by atoms with Gasteiger partial charge in [-0.1, -0.05) is 30.7 Å². The summed E-state index contributed by atoms with van der Waals surface area (Å²) in [4.78, 5) is 43.6. The molecule has 152 valence electrons. The van der Waals surface area contributed by atoms with Gasteiger partial charge in [-0.15, -0.1) is 0 Å². The van der Waals surface area contributed by atoms with E-state index >= 15 is 0 Å². The zero-order chi connectivity index (χ0) is 21.7. The molecule has 1 saturated carbocycles. The number of rotatable bonds is 3. The van der Waals surface area contributed by atoms with E-state index in [0.717, 1.165) is 22.3 Å². The first kappa shape index (κ1) is 21.4. The zero-order valence-electron chi connectivity index (χ0n) is 17.7. The van der Waals surface area contributed by atoms with Gasteiger partial charge < -0.3 is 0 Å². The Hall–Kier alpha value is -2.33. The quantitative estimate of drug-likeness (QED) is 0.518. The fourth-order valence-electron chi connectivity index (χ4n) is 4.31. The van der Waals surface area contributed by atoms with E-state index in [-0.39, 0.29) is 17.3 Å². The summed E-state index contributed by atoms with van der Waals surface area (Å²) in [5.41, 5.74) is 1.92. The van der Waals surface area contributed by atoms with Crippen LogP contribution in [0.2, 0.25) is 5.15 Å². The fraction of sp³-hybridized carbons (Fsp3) is 0.417. The van der Waals surface area contributed by atoms with Crippen molar-refractivity contribution in [2.24, 2.45) is 10.8 Å². The summed E-state index contributed by atoms with van der Waals surface area (Å²) in [6.45, 7) is 10.4. The molecule has 0 amide bonds. The Morgan fingerprint density at radius 1 is 1.00 bits per heavy atom. The van der Waals surface area contributed by atoms with Crippen LogP contribution in [0.15, 0.2) is 30.5 Å². The van der Waals surface area contributed by atoms with Gasteiger partial charge in [0.25, 0.3) is 0 Å². The maximum absolute atomic E-state index is 13.3. The molecule has 0 aliphatic heterocycles. The minimum Gasteiger partial charge on any atom is -0.298 e. The number of aromatic nitrogens is 1. The second-order valence-electron chi connectivity index (χ2n) is 8.83. The van der Waals surface area contributed by atoms with E-state index in [9.17, 15) is 14.4 Å². The first-order chi connectivity index (χ1) is 13.4. The molecule has 1 aromatic carbocycles. The Morgan fingerprint density at radius 3 is 2.10 bits per heavy atom. The summed E-state index contributed by atoms with van der Waals surface area (Å²) < 4.78 is 0. The number of halogens is 1. The lowest BCUT2D eigenvalue weighted by molar-refractivity contribution is -0.157. The van der Waals surface area contributed by atoms with Crippen molar-refractivity contribution in [1.29, 1.82) is 0 Å². The fourth-order valence-corrected chi connectivity index (χ4v) is 4.52. The summed E-state index contributed by atoms with van der Waals surface area (Å²) in [6, 6.07) is 7.61. The Kier molecular flexibility index (Phi) is 5.29. The van der Waals surface area contributed by atoms with Gasteiger partial charge in [0.15, 0.2) is 17.3 Å². The molecule has 0 unspecified atom stereocenters. The molecule has 29 heavy (non-hydrogen) atoms. The highest BCUT2D eigenvalue weighted by atomic mass is 35.5. The maximum Gasteiger partial charge on any atom is 0.160 e. The molecule has 1 aromatic heterocycles. The Balaban J connectivity index is 2.22. The van der Waals surface area contributed by atoms with Gasteiger partial charge >= 0.3 is 0 Å². The van der Waals surface area contributed by atoms with E-state index in [2.05, 4.69) is 4.98 Å². The van der Waals surface area contributed by atoms with Crippen molar-refractivity contribution in [2.45, 2.75) is 53.9 Å².